The van der Waals surface area contributed by atoms with Gasteiger partial charge in [0.1, 0.15) is 10.8 Å². The Kier molecular flexibility index (Phi) is 4.49. The van der Waals surface area contributed by atoms with Gasteiger partial charge in [-0.25, -0.2) is 9.97 Å². The molecule has 0 radical (unpaired) electrons. The van der Waals surface area contributed by atoms with Gasteiger partial charge in [-0.15, -0.1) is 0 Å². The molecule has 2 rings (SSSR count). The zero-order chi connectivity index (χ0) is 13.0. The van der Waals surface area contributed by atoms with Crippen molar-refractivity contribution in [3.8, 4) is 0 Å². The summed E-state index contributed by atoms with van der Waals surface area (Å²) in [4.78, 5) is 19.5. The number of carbonyl (C=O) groups is 1. The minimum atomic E-state index is -0.247. The molecule has 5 nitrogen and oxygen atoms in total. The van der Waals surface area contributed by atoms with E-state index >= 15 is 0 Å². The monoisotopic (exact) mass is 269 g/mol. The molecule has 2 atom stereocenters. The standard InChI is InChI=1S/C12H16ClN3O2/c13-11-6-14-10(5-15-11)12(18)16-4-8-2-1-3-9(8)7-17/h5-6,8-9,17H,1-4,7H2,(H,16,18). The lowest BCUT2D eigenvalue weighted by atomic mass is 9.97. The van der Waals surface area contributed by atoms with Gasteiger partial charge >= 0.3 is 0 Å². The van der Waals surface area contributed by atoms with Gasteiger partial charge in [-0.3, -0.25) is 4.79 Å². The van der Waals surface area contributed by atoms with E-state index in [1.807, 2.05) is 0 Å². The van der Waals surface area contributed by atoms with Crippen LogP contribution in [-0.2, 0) is 0 Å². The number of carbonyl (C=O) groups excluding carboxylic acids is 1. The van der Waals surface area contributed by atoms with Crippen LogP contribution < -0.4 is 5.32 Å². The number of aliphatic hydroxyl groups excluding tert-OH is 1. The van der Waals surface area contributed by atoms with Gasteiger partial charge in [0.25, 0.3) is 5.91 Å². The first-order chi connectivity index (χ1) is 8.70. The van der Waals surface area contributed by atoms with Crippen LogP contribution in [0.25, 0.3) is 0 Å². The lowest BCUT2D eigenvalue weighted by Gasteiger charge is -2.17. The molecule has 2 N–H and O–H groups in total. The third kappa shape index (κ3) is 3.17. The van der Waals surface area contributed by atoms with Crippen molar-refractivity contribution in [2.75, 3.05) is 13.2 Å². The fourth-order valence-corrected chi connectivity index (χ4v) is 2.46. The summed E-state index contributed by atoms with van der Waals surface area (Å²) in [6, 6.07) is 0. The quantitative estimate of drug-likeness (QED) is 0.863. The normalized spacial score (nSPS) is 23.0. The molecular formula is C12H16ClN3O2. The predicted octanol–water partition coefficient (Wildman–Crippen LogP) is 1.27. The van der Waals surface area contributed by atoms with Crippen LogP contribution in [0.2, 0.25) is 5.15 Å². The van der Waals surface area contributed by atoms with E-state index in [1.165, 1.54) is 12.4 Å². The molecule has 1 fully saturated rings. The molecule has 1 aromatic rings. The molecule has 0 saturated heterocycles. The molecule has 2 unspecified atom stereocenters. The molecule has 0 aliphatic heterocycles. The first-order valence-electron chi connectivity index (χ1n) is 6.07. The van der Waals surface area contributed by atoms with E-state index in [2.05, 4.69) is 15.3 Å². The maximum atomic E-state index is 11.8. The van der Waals surface area contributed by atoms with E-state index in [9.17, 15) is 9.90 Å². The lowest BCUT2D eigenvalue weighted by molar-refractivity contribution is 0.0932. The van der Waals surface area contributed by atoms with Gasteiger partial charge in [0.2, 0.25) is 0 Å². The zero-order valence-corrected chi connectivity index (χ0v) is 10.7. The van der Waals surface area contributed by atoms with Crippen LogP contribution >= 0.6 is 11.6 Å². The molecule has 0 spiro atoms. The maximum Gasteiger partial charge on any atom is 0.271 e. The lowest BCUT2D eigenvalue weighted by Crippen LogP contribution is -2.32. The molecule has 0 aromatic carbocycles. The highest BCUT2D eigenvalue weighted by molar-refractivity contribution is 6.29. The average Bonchev–Trinajstić information content (AvgIpc) is 2.84. The number of hydrogen-bond donors (Lipinski definition) is 2. The Morgan fingerprint density at radius 2 is 2.17 bits per heavy atom. The van der Waals surface area contributed by atoms with E-state index in [1.54, 1.807) is 0 Å². The fraction of sp³-hybridized carbons (Fsp3) is 0.583. The third-order valence-corrected chi connectivity index (χ3v) is 3.62. The van der Waals surface area contributed by atoms with Crippen LogP contribution in [0.5, 0.6) is 0 Å². The molecule has 1 aliphatic rings. The summed E-state index contributed by atoms with van der Waals surface area (Å²) >= 11 is 5.60. The molecule has 0 bridgehead atoms. The first-order valence-corrected chi connectivity index (χ1v) is 6.45. The van der Waals surface area contributed by atoms with Crippen LogP contribution in [-0.4, -0.2) is 34.1 Å². The van der Waals surface area contributed by atoms with Crippen LogP contribution in [0, 0.1) is 11.8 Å². The molecule has 6 heteroatoms. The van der Waals surface area contributed by atoms with Crippen molar-refractivity contribution in [1.29, 1.82) is 0 Å². The van der Waals surface area contributed by atoms with Crippen LogP contribution in [0.4, 0.5) is 0 Å². The van der Waals surface area contributed by atoms with Crippen LogP contribution in [0.15, 0.2) is 12.4 Å². The van der Waals surface area contributed by atoms with E-state index in [4.69, 9.17) is 11.6 Å². The van der Waals surface area contributed by atoms with Gasteiger partial charge in [-0.1, -0.05) is 18.0 Å². The highest BCUT2D eigenvalue weighted by atomic mass is 35.5. The van der Waals surface area contributed by atoms with E-state index < -0.39 is 0 Å². The second-order valence-corrected chi connectivity index (χ2v) is 4.96. The largest absolute Gasteiger partial charge is 0.396 e. The topological polar surface area (TPSA) is 75.1 Å². The minimum Gasteiger partial charge on any atom is -0.396 e. The number of halogens is 1. The Bertz CT molecular complexity index is 410. The van der Waals surface area contributed by atoms with Crippen LogP contribution in [0.1, 0.15) is 29.8 Å². The van der Waals surface area contributed by atoms with Crippen molar-refractivity contribution in [2.24, 2.45) is 11.8 Å². The van der Waals surface area contributed by atoms with Gasteiger partial charge in [0.05, 0.1) is 12.4 Å². The Balaban J connectivity index is 1.86. The number of nitrogens with zero attached hydrogens (tertiary/aromatic N) is 2. The highest BCUT2D eigenvalue weighted by Gasteiger charge is 2.26. The Labute approximate surface area is 111 Å². The van der Waals surface area contributed by atoms with E-state index in [0.29, 0.717) is 18.4 Å². The number of aromatic nitrogens is 2. The van der Waals surface area contributed by atoms with Crippen molar-refractivity contribution >= 4 is 17.5 Å². The molecular weight excluding hydrogens is 254 g/mol. The van der Waals surface area contributed by atoms with Gasteiger partial charge in [0.15, 0.2) is 0 Å². The maximum absolute atomic E-state index is 11.8. The Morgan fingerprint density at radius 3 is 2.83 bits per heavy atom. The Morgan fingerprint density at radius 1 is 1.39 bits per heavy atom. The molecule has 1 saturated carbocycles. The van der Waals surface area contributed by atoms with Crippen molar-refractivity contribution < 1.29 is 9.90 Å². The van der Waals surface area contributed by atoms with Gasteiger partial charge < -0.3 is 10.4 Å². The van der Waals surface area contributed by atoms with E-state index in [-0.39, 0.29) is 23.4 Å². The van der Waals surface area contributed by atoms with Crippen LogP contribution in [0.3, 0.4) is 0 Å². The van der Waals surface area contributed by atoms with Gasteiger partial charge in [-0.2, -0.15) is 0 Å². The number of amides is 1. The predicted molar refractivity (Wildman–Crippen MR) is 67.3 cm³/mol. The summed E-state index contributed by atoms with van der Waals surface area (Å²) in [5, 5.41) is 12.3. The van der Waals surface area contributed by atoms with Crippen molar-refractivity contribution in [3.63, 3.8) is 0 Å². The molecule has 1 heterocycles. The first kappa shape index (κ1) is 13.2. The van der Waals surface area contributed by atoms with Crippen molar-refractivity contribution in [2.45, 2.75) is 19.3 Å². The summed E-state index contributed by atoms with van der Waals surface area (Å²) in [7, 11) is 0. The molecule has 1 amide bonds. The second kappa shape index (κ2) is 6.11. The number of aliphatic hydroxyl groups is 1. The van der Waals surface area contributed by atoms with E-state index in [0.717, 1.165) is 19.3 Å². The minimum absolute atomic E-state index is 0.196. The molecule has 98 valence electrons. The smallest absolute Gasteiger partial charge is 0.271 e. The molecule has 1 aliphatic carbocycles. The number of nitrogens with one attached hydrogen (secondary N) is 1. The molecule has 1 aromatic heterocycles. The zero-order valence-electron chi connectivity index (χ0n) is 9.97. The SMILES string of the molecule is O=C(NCC1CCCC1CO)c1cnc(Cl)cn1. The molecule has 18 heavy (non-hydrogen) atoms. The summed E-state index contributed by atoms with van der Waals surface area (Å²) in [6.45, 7) is 0.773. The second-order valence-electron chi connectivity index (χ2n) is 4.57. The van der Waals surface area contributed by atoms with Crippen molar-refractivity contribution in [3.05, 3.63) is 23.2 Å². The highest BCUT2D eigenvalue weighted by Crippen LogP contribution is 2.30. The fourth-order valence-electron chi connectivity index (χ4n) is 2.37. The number of rotatable bonds is 4. The van der Waals surface area contributed by atoms with Gasteiger partial charge in [0, 0.05) is 13.2 Å². The van der Waals surface area contributed by atoms with Crippen molar-refractivity contribution in [1.82, 2.24) is 15.3 Å². The average molecular weight is 270 g/mol. The Hall–Kier alpha value is -1.20. The van der Waals surface area contributed by atoms with Gasteiger partial charge in [-0.05, 0) is 24.7 Å². The summed E-state index contributed by atoms with van der Waals surface area (Å²) < 4.78 is 0. The number of hydrogen-bond acceptors (Lipinski definition) is 4. The summed E-state index contributed by atoms with van der Waals surface area (Å²) in [5.41, 5.74) is 0.262. The summed E-state index contributed by atoms with van der Waals surface area (Å²) in [5.74, 6) is 0.420. The summed E-state index contributed by atoms with van der Waals surface area (Å²) in [6.07, 6.45) is 5.92. The third-order valence-electron chi connectivity index (χ3n) is 3.43.